The first-order chi connectivity index (χ1) is 10.9. The highest BCUT2D eigenvalue weighted by Crippen LogP contribution is 2.20. The fourth-order valence-corrected chi connectivity index (χ4v) is 3.17. The summed E-state index contributed by atoms with van der Waals surface area (Å²) in [5.41, 5.74) is 7.87. The van der Waals surface area contributed by atoms with Crippen LogP contribution in [0.2, 0.25) is 0 Å². The number of benzene rings is 1. The number of hydrogen-bond acceptors (Lipinski definition) is 5. The molecule has 0 atom stereocenters. The molecule has 3 N–H and O–H groups in total. The molecule has 1 aromatic carbocycles. The van der Waals surface area contributed by atoms with Gasteiger partial charge >= 0.3 is 0 Å². The Labute approximate surface area is 138 Å². The fraction of sp³-hybridized carbons (Fsp3) is 0.312. The van der Waals surface area contributed by atoms with E-state index in [0.29, 0.717) is 17.9 Å². The lowest BCUT2D eigenvalue weighted by molar-refractivity contribution is 0.626. The van der Waals surface area contributed by atoms with E-state index in [1.807, 2.05) is 13.8 Å². The van der Waals surface area contributed by atoms with Gasteiger partial charge < -0.3 is 5.73 Å². The van der Waals surface area contributed by atoms with Crippen molar-refractivity contribution in [3.05, 3.63) is 57.3 Å². The Morgan fingerprint density at radius 1 is 1.43 bits per heavy atom. The van der Waals surface area contributed by atoms with E-state index < -0.39 is 5.56 Å². The normalized spacial score (nSPS) is 10.7. The van der Waals surface area contributed by atoms with Crippen molar-refractivity contribution in [3.63, 3.8) is 0 Å². The maximum Gasteiger partial charge on any atom is 0.274 e. The van der Waals surface area contributed by atoms with Crippen molar-refractivity contribution >= 4 is 22.9 Å². The first-order valence-electron chi connectivity index (χ1n) is 7.27. The third kappa shape index (κ3) is 4.19. The molecule has 0 saturated carbocycles. The number of halogens is 1. The van der Waals surface area contributed by atoms with Gasteiger partial charge in [0.25, 0.3) is 5.56 Å². The summed E-state index contributed by atoms with van der Waals surface area (Å²) in [5.74, 6) is 0.155. The van der Waals surface area contributed by atoms with E-state index in [1.165, 1.54) is 34.5 Å². The lowest BCUT2D eigenvalue weighted by Gasteiger charge is -2.15. The Morgan fingerprint density at radius 2 is 2.17 bits per heavy atom. The number of aromatic nitrogens is 2. The zero-order chi connectivity index (χ0) is 17.0. The number of rotatable bonds is 4. The van der Waals surface area contributed by atoms with Crippen molar-refractivity contribution in [1.82, 2.24) is 9.55 Å². The summed E-state index contributed by atoms with van der Waals surface area (Å²) < 4.78 is 14.8. The van der Waals surface area contributed by atoms with Crippen LogP contribution >= 0.6 is 11.8 Å². The van der Waals surface area contributed by atoms with Gasteiger partial charge in [0.05, 0.1) is 0 Å². The Morgan fingerprint density at radius 3 is 2.87 bits per heavy atom. The molecule has 0 bridgehead atoms. The Kier molecular flexibility index (Phi) is 5.54. The minimum absolute atomic E-state index is 0.00872. The van der Waals surface area contributed by atoms with Crippen LogP contribution in [0.1, 0.15) is 30.2 Å². The maximum atomic E-state index is 13.3. The van der Waals surface area contributed by atoms with Crippen molar-refractivity contribution in [3.8, 4) is 0 Å². The molecule has 23 heavy (non-hydrogen) atoms. The zero-order valence-corrected chi connectivity index (χ0v) is 13.9. The maximum absolute atomic E-state index is 13.3. The molecule has 1 aromatic heterocycles. The highest BCUT2D eigenvalue weighted by molar-refractivity contribution is 8.13. The van der Waals surface area contributed by atoms with Crippen LogP contribution in [-0.2, 0) is 12.2 Å². The minimum Gasteiger partial charge on any atom is -0.369 e. The van der Waals surface area contributed by atoms with Crippen LogP contribution in [0.25, 0.3) is 0 Å². The van der Waals surface area contributed by atoms with E-state index in [0.717, 1.165) is 17.5 Å². The van der Waals surface area contributed by atoms with Gasteiger partial charge in [-0.05, 0) is 36.6 Å². The van der Waals surface area contributed by atoms with E-state index >= 15 is 0 Å². The van der Waals surface area contributed by atoms with Gasteiger partial charge in [-0.1, -0.05) is 31.2 Å². The fourth-order valence-electron chi connectivity index (χ4n) is 2.23. The summed E-state index contributed by atoms with van der Waals surface area (Å²) in [6.07, 6.45) is 1.45. The molecule has 2 aromatic rings. The van der Waals surface area contributed by atoms with E-state index in [4.69, 9.17) is 11.1 Å². The van der Waals surface area contributed by atoms with E-state index in [9.17, 15) is 9.18 Å². The van der Waals surface area contributed by atoms with Crippen LogP contribution in [0.15, 0.2) is 29.1 Å². The Hall–Kier alpha value is -2.15. The van der Waals surface area contributed by atoms with E-state index in [1.54, 1.807) is 6.07 Å². The Bertz CT molecular complexity index is 788. The second kappa shape index (κ2) is 7.41. The van der Waals surface area contributed by atoms with Gasteiger partial charge in [0.15, 0.2) is 5.17 Å². The largest absolute Gasteiger partial charge is 0.369 e. The number of thioether (sulfide) groups is 1. The van der Waals surface area contributed by atoms with Crippen LogP contribution < -0.4 is 11.3 Å². The van der Waals surface area contributed by atoms with Crippen LogP contribution in [0.5, 0.6) is 0 Å². The number of nitrogens with two attached hydrogens (primary N) is 1. The molecule has 0 aliphatic heterocycles. The number of nitrogens with zero attached hydrogens (tertiary/aromatic N) is 2. The first kappa shape index (κ1) is 17.2. The SMILES string of the molecule is CCCc1cc(=O)nc(N)n1C(=N)SCc1cc(F)ccc1C. The van der Waals surface area contributed by atoms with E-state index in [2.05, 4.69) is 4.98 Å². The van der Waals surface area contributed by atoms with Crippen LogP contribution in [0, 0.1) is 18.2 Å². The van der Waals surface area contributed by atoms with Crippen molar-refractivity contribution < 1.29 is 4.39 Å². The molecule has 0 unspecified atom stereocenters. The molecular weight excluding hydrogens is 315 g/mol. The number of aryl methyl sites for hydroxylation is 2. The topological polar surface area (TPSA) is 84.8 Å². The lowest BCUT2D eigenvalue weighted by atomic mass is 10.1. The van der Waals surface area contributed by atoms with Crippen molar-refractivity contribution in [2.45, 2.75) is 32.4 Å². The van der Waals surface area contributed by atoms with Crippen LogP contribution in [-0.4, -0.2) is 14.7 Å². The smallest absolute Gasteiger partial charge is 0.274 e. The van der Waals surface area contributed by atoms with Crippen molar-refractivity contribution in [2.75, 3.05) is 5.73 Å². The minimum atomic E-state index is -0.402. The molecule has 1 heterocycles. The first-order valence-corrected chi connectivity index (χ1v) is 8.26. The molecule has 0 aliphatic carbocycles. The van der Waals surface area contributed by atoms with Gasteiger partial charge in [-0.3, -0.25) is 14.8 Å². The van der Waals surface area contributed by atoms with Gasteiger partial charge in [-0.2, -0.15) is 4.98 Å². The molecule has 0 radical (unpaired) electrons. The standard InChI is InChI=1S/C16H19FN4OS/c1-3-4-13-8-14(22)20-15(18)21(13)16(19)23-9-11-7-12(17)6-5-10(11)2/h5-8,19H,3-4,9H2,1-2H3,(H2,18,20,22). The number of hydrogen-bond donors (Lipinski definition) is 2. The molecular formula is C16H19FN4OS. The molecule has 5 nitrogen and oxygen atoms in total. The molecule has 7 heteroatoms. The zero-order valence-electron chi connectivity index (χ0n) is 13.1. The second-order valence-corrected chi connectivity index (χ2v) is 6.16. The predicted octanol–water partition coefficient (Wildman–Crippen LogP) is 2.94. The van der Waals surface area contributed by atoms with Gasteiger partial charge in [0.1, 0.15) is 5.82 Å². The average molecular weight is 334 g/mol. The number of nitrogen functional groups attached to an aromatic ring is 1. The van der Waals surface area contributed by atoms with Gasteiger partial charge in [0.2, 0.25) is 5.95 Å². The number of nitrogens with one attached hydrogen (secondary N) is 1. The monoisotopic (exact) mass is 334 g/mol. The molecule has 0 aliphatic rings. The summed E-state index contributed by atoms with van der Waals surface area (Å²) in [5, 5.41) is 8.41. The number of anilines is 1. The average Bonchev–Trinajstić information content (AvgIpc) is 2.47. The Balaban J connectivity index is 2.24. The van der Waals surface area contributed by atoms with Crippen LogP contribution in [0.3, 0.4) is 0 Å². The summed E-state index contributed by atoms with van der Waals surface area (Å²) in [6, 6.07) is 6.00. The van der Waals surface area contributed by atoms with Crippen molar-refractivity contribution in [2.24, 2.45) is 0 Å². The molecule has 0 amide bonds. The molecule has 122 valence electrons. The highest BCUT2D eigenvalue weighted by Gasteiger charge is 2.12. The molecule has 0 spiro atoms. The summed E-state index contributed by atoms with van der Waals surface area (Å²) in [7, 11) is 0. The van der Waals surface area contributed by atoms with Crippen LogP contribution in [0.4, 0.5) is 10.3 Å². The quantitative estimate of drug-likeness (QED) is 0.665. The summed E-state index contributed by atoms with van der Waals surface area (Å²) >= 11 is 1.22. The van der Waals surface area contributed by atoms with E-state index in [-0.39, 0.29) is 16.9 Å². The third-order valence-electron chi connectivity index (χ3n) is 3.42. The summed E-state index contributed by atoms with van der Waals surface area (Å²) in [4.78, 5) is 15.2. The molecule has 0 fully saturated rings. The predicted molar refractivity (Wildman–Crippen MR) is 92.5 cm³/mol. The molecule has 2 rings (SSSR count). The van der Waals surface area contributed by atoms with Gasteiger partial charge in [0, 0.05) is 17.5 Å². The molecule has 0 saturated heterocycles. The summed E-state index contributed by atoms with van der Waals surface area (Å²) in [6.45, 7) is 3.88. The van der Waals surface area contributed by atoms with Gasteiger partial charge in [-0.25, -0.2) is 4.39 Å². The van der Waals surface area contributed by atoms with Crippen molar-refractivity contribution in [1.29, 1.82) is 5.41 Å². The van der Waals surface area contributed by atoms with Gasteiger partial charge in [-0.15, -0.1) is 0 Å². The lowest BCUT2D eigenvalue weighted by Crippen LogP contribution is -2.23. The highest BCUT2D eigenvalue weighted by atomic mass is 32.2. The second-order valence-electron chi connectivity index (χ2n) is 5.19. The third-order valence-corrected chi connectivity index (χ3v) is 4.33.